The van der Waals surface area contributed by atoms with Crippen molar-refractivity contribution in [1.82, 2.24) is 16.0 Å². The van der Waals surface area contributed by atoms with Crippen molar-refractivity contribution < 1.29 is 42.8 Å². The van der Waals surface area contributed by atoms with E-state index in [4.69, 9.17) is 40.0 Å². The zero-order valence-electron chi connectivity index (χ0n) is 24.4. The summed E-state index contributed by atoms with van der Waals surface area (Å²) < 4.78 is 31.7. The summed E-state index contributed by atoms with van der Waals surface area (Å²) in [6.07, 6.45) is 7.00. The van der Waals surface area contributed by atoms with Gasteiger partial charge in [-0.2, -0.15) is 0 Å². The normalized spacial score (nSPS) is 11.4. The van der Waals surface area contributed by atoms with Crippen LogP contribution in [-0.4, -0.2) is 109 Å². The van der Waals surface area contributed by atoms with Gasteiger partial charge in [0.1, 0.15) is 12.2 Å². The largest absolute Gasteiger partial charge is 0.447 e. The molecule has 0 aliphatic heterocycles. The fourth-order valence-electron chi connectivity index (χ4n) is 2.81. The summed E-state index contributed by atoms with van der Waals surface area (Å²) >= 11 is 5.63. The Hall–Kier alpha value is -2.12. The number of rotatable bonds is 25. The summed E-state index contributed by atoms with van der Waals surface area (Å²) in [6, 6.07) is 0. The second kappa shape index (κ2) is 27.1. The lowest BCUT2D eigenvalue weighted by Gasteiger charge is -2.19. The predicted molar refractivity (Wildman–Crippen MR) is 153 cm³/mol. The maximum atomic E-state index is 11.8. The van der Waals surface area contributed by atoms with Crippen LogP contribution in [0.2, 0.25) is 0 Å². The van der Waals surface area contributed by atoms with Crippen molar-refractivity contribution in [3.63, 3.8) is 0 Å². The molecule has 3 amide bonds. The highest BCUT2D eigenvalue weighted by Crippen LogP contribution is 2.06. The highest BCUT2D eigenvalue weighted by atomic mass is 35.5. The third kappa shape index (κ3) is 30.4. The lowest BCUT2D eigenvalue weighted by atomic mass is 10.2. The van der Waals surface area contributed by atoms with E-state index in [0.29, 0.717) is 58.5 Å². The molecule has 0 spiro atoms. The van der Waals surface area contributed by atoms with Gasteiger partial charge >= 0.3 is 12.2 Å². The second-order valence-electron chi connectivity index (χ2n) is 9.52. The molecule has 0 radical (unpaired) electrons. The fourth-order valence-corrected chi connectivity index (χ4v) is 3.00. The Balaban J connectivity index is 3.38. The number of ether oxygens (including phenoxy) is 6. The first-order valence-electron chi connectivity index (χ1n) is 13.9. The summed E-state index contributed by atoms with van der Waals surface area (Å²) in [6.45, 7) is 9.77. The third-order valence-corrected chi connectivity index (χ3v) is 4.98. The van der Waals surface area contributed by atoms with E-state index in [1.807, 2.05) is 0 Å². The number of halogens is 1. The van der Waals surface area contributed by atoms with Crippen LogP contribution in [0.15, 0.2) is 12.2 Å². The van der Waals surface area contributed by atoms with E-state index in [1.165, 1.54) is 0 Å². The van der Waals surface area contributed by atoms with Crippen LogP contribution >= 0.6 is 11.6 Å². The van der Waals surface area contributed by atoms with Gasteiger partial charge in [-0.15, -0.1) is 11.6 Å². The first kappa shape index (κ1) is 37.9. The number of unbranched alkanes of at least 4 members (excludes halogenated alkanes) is 3. The summed E-state index contributed by atoms with van der Waals surface area (Å²) in [5.74, 6) is 0.569. The number of amides is 3. The summed E-state index contributed by atoms with van der Waals surface area (Å²) in [5.41, 5.74) is -0.542. The minimum atomic E-state index is -0.542. The van der Waals surface area contributed by atoms with Gasteiger partial charge in [-0.25, -0.2) is 9.59 Å². The van der Waals surface area contributed by atoms with Gasteiger partial charge in [0.2, 0.25) is 5.91 Å². The van der Waals surface area contributed by atoms with Gasteiger partial charge in [0.05, 0.1) is 46.2 Å². The van der Waals surface area contributed by atoms with Gasteiger partial charge < -0.3 is 44.4 Å². The molecule has 3 N–H and O–H groups in total. The lowest BCUT2D eigenvalue weighted by molar-refractivity contribution is -0.122. The zero-order valence-corrected chi connectivity index (χ0v) is 25.2. The van der Waals surface area contributed by atoms with Crippen molar-refractivity contribution in [2.75, 3.05) is 85.0 Å². The molecular weight excluding hydrogens is 546 g/mol. The Labute approximate surface area is 244 Å². The van der Waals surface area contributed by atoms with Gasteiger partial charge in [0.15, 0.2) is 0 Å². The number of carbonyl (C=O) groups excluding carboxylic acids is 3. The van der Waals surface area contributed by atoms with E-state index in [9.17, 15) is 14.4 Å². The number of hydrogen-bond donors (Lipinski definition) is 3. The van der Waals surface area contributed by atoms with Crippen molar-refractivity contribution in [2.45, 2.75) is 58.5 Å². The van der Waals surface area contributed by atoms with Crippen LogP contribution in [0.4, 0.5) is 9.59 Å². The van der Waals surface area contributed by atoms with Gasteiger partial charge in [-0.1, -0.05) is 25.0 Å². The average molecular weight is 596 g/mol. The van der Waals surface area contributed by atoms with Gasteiger partial charge in [0.25, 0.3) is 0 Å². The molecule has 0 saturated carbocycles. The minimum Gasteiger partial charge on any atom is -0.447 e. The molecule has 0 heterocycles. The van der Waals surface area contributed by atoms with Crippen molar-refractivity contribution in [3.05, 3.63) is 12.2 Å². The van der Waals surface area contributed by atoms with Crippen molar-refractivity contribution in [1.29, 1.82) is 0 Å². The predicted octanol–water partition coefficient (Wildman–Crippen LogP) is 3.17. The maximum absolute atomic E-state index is 11.8. The number of alkyl halides is 1. The lowest BCUT2D eigenvalue weighted by Crippen LogP contribution is -2.32. The molecule has 234 valence electrons. The molecule has 0 unspecified atom stereocenters. The van der Waals surface area contributed by atoms with E-state index in [-0.39, 0.29) is 32.1 Å². The maximum Gasteiger partial charge on any atom is 0.407 e. The first-order chi connectivity index (χ1) is 19.2. The van der Waals surface area contributed by atoms with Crippen LogP contribution in [-0.2, 0) is 33.2 Å². The van der Waals surface area contributed by atoms with Crippen LogP contribution in [0.25, 0.3) is 0 Å². The topological polar surface area (TPSA) is 143 Å². The molecular formula is C27H50ClN3O9. The molecule has 13 heteroatoms. The smallest absolute Gasteiger partial charge is 0.407 e. The van der Waals surface area contributed by atoms with Crippen LogP contribution < -0.4 is 16.0 Å². The van der Waals surface area contributed by atoms with Gasteiger partial charge in [-0.05, 0) is 33.6 Å². The number of hydrogen-bond acceptors (Lipinski definition) is 9. The van der Waals surface area contributed by atoms with Gasteiger partial charge in [0, 0.05) is 38.5 Å². The molecule has 0 atom stereocenters. The zero-order chi connectivity index (χ0) is 29.7. The van der Waals surface area contributed by atoms with Crippen molar-refractivity contribution in [2.24, 2.45) is 0 Å². The Morgan fingerprint density at radius 2 is 1.23 bits per heavy atom. The Morgan fingerprint density at radius 1 is 0.650 bits per heavy atom. The minimum absolute atomic E-state index is 0.120. The van der Waals surface area contributed by atoms with E-state index in [1.54, 1.807) is 32.9 Å². The average Bonchev–Trinajstić information content (AvgIpc) is 2.89. The molecule has 0 saturated heterocycles. The Kier molecular flexibility index (Phi) is 25.6. The summed E-state index contributed by atoms with van der Waals surface area (Å²) in [4.78, 5) is 34.8. The number of alkyl carbamates (subject to hydrolysis) is 2. The molecule has 0 bridgehead atoms. The number of nitrogens with one attached hydrogen (secondary N) is 3. The van der Waals surface area contributed by atoms with Crippen LogP contribution in [0.3, 0.4) is 0 Å². The van der Waals surface area contributed by atoms with Crippen LogP contribution in [0.1, 0.15) is 52.9 Å². The highest BCUT2D eigenvalue weighted by Gasteiger charge is 2.14. The highest BCUT2D eigenvalue weighted by molar-refractivity contribution is 6.17. The molecule has 0 aromatic heterocycles. The van der Waals surface area contributed by atoms with E-state index >= 15 is 0 Å². The molecule has 0 rings (SSSR count). The van der Waals surface area contributed by atoms with Crippen molar-refractivity contribution >= 4 is 29.7 Å². The second-order valence-corrected chi connectivity index (χ2v) is 9.90. The monoisotopic (exact) mass is 595 g/mol. The molecule has 0 aromatic rings. The van der Waals surface area contributed by atoms with Gasteiger partial charge in [-0.3, -0.25) is 4.79 Å². The van der Waals surface area contributed by atoms with Crippen LogP contribution in [0.5, 0.6) is 0 Å². The number of carbonyl (C=O) groups is 3. The molecule has 0 aliphatic carbocycles. The molecule has 40 heavy (non-hydrogen) atoms. The Morgan fingerprint density at radius 3 is 1.90 bits per heavy atom. The van der Waals surface area contributed by atoms with Crippen molar-refractivity contribution in [3.8, 4) is 0 Å². The molecule has 0 aliphatic rings. The molecule has 0 fully saturated rings. The van der Waals surface area contributed by atoms with Crippen LogP contribution in [0, 0.1) is 0 Å². The molecule has 12 nitrogen and oxygen atoms in total. The molecule has 0 aromatic carbocycles. The quantitative estimate of drug-likeness (QED) is 0.0823. The standard InChI is InChI=1S/C27H50ClN3O9/c1-27(2,3)40-26(34)30-13-8-7-12-29-24(32)10-16-36-19-21-38-22-23-39-25(33)31-14-17-37-20-18-35-15-9-5-4-6-11-28/h7-8H,4-6,9-23H2,1-3H3,(H,29,32)(H,30,34)(H,31,33)/b8-7+. The fraction of sp³-hybridized carbons (Fsp3) is 0.815. The SMILES string of the molecule is CC(C)(C)OC(=O)NC/C=C/CNC(=O)CCOCCOCCOC(=O)NCCOCCOCCCCCCCl. The Bertz CT molecular complexity index is 676. The summed E-state index contributed by atoms with van der Waals surface area (Å²) in [7, 11) is 0. The summed E-state index contributed by atoms with van der Waals surface area (Å²) in [5, 5.41) is 7.91. The first-order valence-corrected chi connectivity index (χ1v) is 14.4. The van der Waals surface area contributed by atoms with E-state index in [0.717, 1.165) is 32.3 Å². The van der Waals surface area contributed by atoms with E-state index < -0.39 is 17.8 Å². The third-order valence-electron chi connectivity index (χ3n) is 4.71. The van der Waals surface area contributed by atoms with E-state index in [2.05, 4.69) is 16.0 Å².